The first-order valence-corrected chi connectivity index (χ1v) is 11.4. The van der Waals surface area contributed by atoms with Crippen LogP contribution in [0.4, 0.5) is 11.4 Å². The van der Waals surface area contributed by atoms with Crippen LogP contribution in [-0.2, 0) is 4.79 Å². The largest absolute Gasteiger partial charge is 0.491 e. The zero-order valence-electron chi connectivity index (χ0n) is 19.1. The van der Waals surface area contributed by atoms with Gasteiger partial charge in [-0.3, -0.25) is 9.59 Å². The van der Waals surface area contributed by atoms with Gasteiger partial charge in [-0.2, -0.15) is 5.10 Å². The summed E-state index contributed by atoms with van der Waals surface area (Å²) >= 11 is 0. The van der Waals surface area contributed by atoms with Gasteiger partial charge in [0, 0.05) is 34.9 Å². The second-order valence-electron chi connectivity index (χ2n) is 8.66. The highest BCUT2D eigenvalue weighted by atomic mass is 16.5. The van der Waals surface area contributed by atoms with Crippen molar-refractivity contribution in [3.63, 3.8) is 0 Å². The number of hydrogen-bond acceptors (Lipinski definition) is 5. The molecule has 0 bridgehead atoms. The van der Waals surface area contributed by atoms with Gasteiger partial charge < -0.3 is 15.0 Å². The standard InChI is InChI=1S/C27H26N4O3/c1-17(2)34-21-7-5-6-19(16-21)28-24-14-15-31(27(24)33)20-12-10-18(11-13-20)25-22-8-3-4-9-23(22)26(32)30-29-25/h3-13,16-17,24,28H,14-15H2,1-2H3,(H,30,32). The second kappa shape index (κ2) is 9.02. The zero-order chi connectivity index (χ0) is 23.7. The Kier molecular flexibility index (Phi) is 5.76. The van der Waals surface area contributed by atoms with Crippen LogP contribution in [0.1, 0.15) is 20.3 Å². The van der Waals surface area contributed by atoms with E-state index in [1.807, 2.05) is 80.6 Å². The molecule has 1 aromatic heterocycles. The number of fused-ring (bicyclic) bond motifs is 1. The summed E-state index contributed by atoms with van der Waals surface area (Å²) in [5.41, 5.74) is 3.07. The van der Waals surface area contributed by atoms with E-state index < -0.39 is 0 Å². The number of amides is 1. The fourth-order valence-electron chi connectivity index (χ4n) is 4.34. The fraction of sp³-hybridized carbons (Fsp3) is 0.222. The van der Waals surface area contributed by atoms with Crippen LogP contribution in [0.3, 0.4) is 0 Å². The Hall–Kier alpha value is -4.13. The molecule has 7 heteroatoms. The van der Waals surface area contributed by atoms with Gasteiger partial charge in [-0.25, -0.2) is 5.10 Å². The van der Waals surface area contributed by atoms with Gasteiger partial charge in [0.15, 0.2) is 0 Å². The summed E-state index contributed by atoms with van der Waals surface area (Å²) in [5.74, 6) is 0.817. The van der Waals surface area contributed by atoms with Crippen molar-refractivity contribution in [2.45, 2.75) is 32.4 Å². The predicted octanol–water partition coefficient (Wildman–Crippen LogP) is 4.59. The summed E-state index contributed by atoms with van der Waals surface area (Å²) < 4.78 is 5.76. The van der Waals surface area contributed by atoms with Gasteiger partial charge >= 0.3 is 0 Å². The van der Waals surface area contributed by atoms with E-state index in [1.165, 1.54) is 0 Å². The monoisotopic (exact) mass is 454 g/mol. The zero-order valence-corrected chi connectivity index (χ0v) is 19.1. The number of aromatic amines is 1. The van der Waals surface area contributed by atoms with Gasteiger partial charge in [0.2, 0.25) is 5.91 Å². The van der Waals surface area contributed by atoms with E-state index in [-0.39, 0.29) is 23.6 Å². The summed E-state index contributed by atoms with van der Waals surface area (Å²) in [6, 6.07) is 22.5. The quantitative estimate of drug-likeness (QED) is 0.445. The number of rotatable bonds is 6. The molecule has 1 amide bonds. The fourth-order valence-corrected chi connectivity index (χ4v) is 4.34. The van der Waals surface area contributed by atoms with E-state index in [9.17, 15) is 9.59 Å². The molecular formula is C27H26N4O3. The summed E-state index contributed by atoms with van der Waals surface area (Å²) in [4.78, 5) is 27.0. The van der Waals surface area contributed by atoms with Crippen LogP contribution in [0.5, 0.6) is 5.75 Å². The van der Waals surface area contributed by atoms with E-state index in [0.29, 0.717) is 24.0 Å². The highest BCUT2D eigenvalue weighted by Crippen LogP contribution is 2.29. The Morgan fingerprint density at radius 2 is 1.76 bits per heavy atom. The molecule has 1 aliphatic heterocycles. The Balaban J connectivity index is 1.33. The second-order valence-corrected chi connectivity index (χ2v) is 8.66. The van der Waals surface area contributed by atoms with Gasteiger partial charge in [-0.15, -0.1) is 0 Å². The molecule has 0 radical (unpaired) electrons. The molecule has 0 spiro atoms. The van der Waals surface area contributed by atoms with E-state index in [4.69, 9.17) is 4.74 Å². The van der Waals surface area contributed by atoms with Crippen LogP contribution in [0.2, 0.25) is 0 Å². The van der Waals surface area contributed by atoms with Crippen molar-refractivity contribution in [2.75, 3.05) is 16.8 Å². The number of aromatic nitrogens is 2. The molecule has 1 atom stereocenters. The van der Waals surface area contributed by atoms with Crippen LogP contribution in [0.15, 0.2) is 77.6 Å². The van der Waals surface area contributed by atoms with E-state index in [0.717, 1.165) is 28.1 Å². The SMILES string of the molecule is CC(C)Oc1cccc(NC2CCN(c3ccc(-c4n[nH]c(=O)c5ccccc45)cc3)C2=O)c1. The van der Waals surface area contributed by atoms with Crippen molar-refractivity contribution < 1.29 is 9.53 Å². The summed E-state index contributed by atoms with van der Waals surface area (Å²) in [6.45, 7) is 4.61. The molecule has 34 heavy (non-hydrogen) atoms. The third kappa shape index (κ3) is 4.24. The lowest BCUT2D eigenvalue weighted by molar-refractivity contribution is -0.117. The van der Waals surface area contributed by atoms with Crippen LogP contribution in [0, 0.1) is 0 Å². The van der Waals surface area contributed by atoms with Gasteiger partial charge in [0.1, 0.15) is 11.8 Å². The summed E-state index contributed by atoms with van der Waals surface area (Å²) in [7, 11) is 0. The number of ether oxygens (including phenoxy) is 1. The van der Waals surface area contributed by atoms with Gasteiger partial charge in [-0.1, -0.05) is 36.4 Å². The highest BCUT2D eigenvalue weighted by Gasteiger charge is 2.32. The van der Waals surface area contributed by atoms with Crippen molar-refractivity contribution in [3.05, 3.63) is 83.2 Å². The average Bonchev–Trinajstić information content (AvgIpc) is 3.19. The summed E-state index contributed by atoms with van der Waals surface area (Å²) in [5, 5.41) is 11.6. The molecule has 7 nitrogen and oxygen atoms in total. The lowest BCUT2D eigenvalue weighted by atomic mass is 10.0. The number of H-pyrrole nitrogens is 1. The Bertz CT molecular complexity index is 1400. The molecule has 2 heterocycles. The number of nitrogens with one attached hydrogen (secondary N) is 2. The van der Waals surface area contributed by atoms with Crippen LogP contribution in [-0.4, -0.2) is 34.8 Å². The maximum Gasteiger partial charge on any atom is 0.272 e. The van der Waals surface area contributed by atoms with Crippen molar-refractivity contribution >= 4 is 28.1 Å². The molecule has 1 unspecified atom stereocenters. The molecule has 1 saturated heterocycles. The third-order valence-corrected chi connectivity index (χ3v) is 5.90. The van der Waals surface area contributed by atoms with Crippen molar-refractivity contribution in [3.8, 4) is 17.0 Å². The molecule has 3 aromatic carbocycles. The topological polar surface area (TPSA) is 87.3 Å². The van der Waals surface area contributed by atoms with Crippen molar-refractivity contribution in [2.24, 2.45) is 0 Å². The number of hydrogen-bond donors (Lipinski definition) is 2. The molecule has 1 aliphatic rings. The number of carbonyl (C=O) groups excluding carboxylic acids is 1. The number of nitrogens with zero attached hydrogens (tertiary/aromatic N) is 2. The molecule has 0 aliphatic carbocycles. The van der Waals surface area contributed by atoms with Crippen LogP contribution >= 0.6 is 0 Å². The minimum atomic E-state index is -0.293. The van der Waals surface area contributed by atoms with Crippen molar-refractivity contribution in [1.29, 1.82) is 0 Å². The van der Waals surface area contributed by atoms with Gasteiger partial charge in [0.05, 0.1) is 17.2 Å². The minimum Gasteiger partial charge on any atom is -0.491 e. The Morgan fingerprint density at radius 3 is 2.53 bits per heavy atom. The molecule has 172 valence electrons. The lowest BCUT2D eigenvalue weighted by Gasteiger charge is -2.19. The molecule has 5 rings (SSSR count). The predicted molar refractivity (Wildman–Crippen MR) is 134 cm³/mol. The first kappa shape index (κ1) is 21.7. The lowest BCUT2D eigenvalue weighted by Crippen LogP contribution is -2.33. The third-order valence-electron chi connectivity index (χ3n) is 5.90. The molecule has 2 N–H and O–H groups in total. The normalized spacial score (nSPS) is 15.8. The van der Waals surface area contributed by atoms with Gasteiger partial charge in [0.25, 0.3) is 5.56 Å². The van der Waals surface area contributed by atoms with Gasteiger partial charge in [-0.05, 0) is 50.6 Å². The smallest absolute Gasteiger partial charge is 0.272 e. The summed E-state index contributed by atoms with van der Waals surface area (Å²) in [6.07, 6.45) is 0.799. The van der Waals surface area contributed by atoms with E-state index >= 15 is 0 Å². The Labute approximate surface area is 197 Å². The first-order valence-electron chi connectivity index (χ1n) is 11.4. The average molecular weight is 455 g/mol. The van der Waals surface area contributed by atoms with E-state index in [2.05, 4.69) is 15.5 Å². The first-order chi connectivity index (χ1) is 16.5. The van der Waals surface area contributed by atoms with Crippen LogP contribution in [0.25, 0.3) is 22.0 Å². The number of anilines is 2. The molecule has 1 fully saturated rings. The Morgan fingerprint density at radius 1 is 1.00 bits per heavy atom. The maximum absolute atomic E-state index is 13.1. The molecule has 4 aromatic rings. The van der Waals surface area contributed by atoms with E-state index in [1.54, 1.807) is 11.0 Å². The highest BCUT2D eigenvalue weighted by molar-refractivity contribution is 6.01. The maximum atomic E-state index is 13.1. The number of carbonyl (C=O) groups is 1. The molecular weight excluding hydrogens is 428 g/mol. The van der Waals surface area contributed by atoms with Crippen LogP contribution < -0.4 is 20.5 Å². The van der Waals surface area contributed by atoms with Crippen molar-refractivity contribution in [1.82, 2.24) is 10.2 Å². The minimum absolute atomic E-state index is 0.0375. The molecule has 0 saturated carbocycles. The number of benzene rings is 3.